The summed E-state index contributed by atoms with van der Waals surface area (Å²) in [6, 6.07) is 23.8. The zero-order valence-corrected chi connectivity index (χ0v) is 19.4. The molecule has 1 unspecified atom stereocenters. The Balaban J connectivity index is 0.00000119. The Labute approximate surface area is 192 Å². The number of nitrogens with one attached hydrogen (secondary N) is 1. The molecule has 4 nitrogen and oxygen atoms in total. The third kappa shape index (κ3) is 4.78. The van der Waals surface area contributed by atoms with Gasteiger partial charge in [0.15, 0.2) is 0 Å². The summed E-state index contributed by atoms with van der Waals surface area (Å²) in [5.74, 6) is 2.59. The zero-order chi connectivity index (χ0) is 22.5. The van der Waals surface area contributed by atoms with Crippen molar-refractivity contribution in [3.05, 3.63) is 99.8 Å². The van der Waals surface area contributed by atoms with Gasteiger partial charge in [-0.2, -0.15) is 0 Å². The largest absolute Gasteiger partial charge is 0.486 e. The van der Waals surface area contributed by atoms with Crippen molar-refractivity contribution in [2.24, 2.45) is 0 Å². The van der Waals surface area contributed by atoms with E-state index in [-0.39, 0.29) is 11.7 Å². The van der Waals surface area contributed by atoms with Crippen molar-refractivity contribution >= 4 is 11.5 Å². The number of ether oxygens (including phenoxy) is 2. The van der Waals surface area contributed by atoms with Crippen molar-refractivity contribution in [1.82, 2.24) is 4.37 Å². The first-order chi connectivity index (χ1) is 15.7. The molecule has 0 saturated heterocycles. The molecular formula is C27H27NO3S. The number of hydrogen-bond donors (Lipinski definition) is 1. The third-order valence-electron chi connectivity index (χ3n) is 5.33. The molecule has 4 aromatic rings. The lowest BCUT2D eigenvalue weighted by Gasteiger charge is -2.16. The van der Waals surface area contributed by atoms with Crippen LogP contribution in [0.1, 0.15) is 43.1 Å². The Morgan fingerprint density at radius 1 is 0.938 bits per heavy atom. The molecule has 5 heteroatoms. The summed E-state index contributed by atoms with van der Waals surface area (Å²) in [5.41, 5.74) is 4.52. The second-order valence-electron chi connectivity index (χ2n) is 7.49. The van der Waals surface area contributed by atoms with E-state index in [9.17, 15) is 4.79 Å². The van der Waals surface area contributed by atoms with E-state index >= 15 is 0 Å². The smallest absolute Gasteiger partial charge is 0.258 e. The van der Waals surface area contributed by atoms with Gasteiger partial charge in [-0.25, -0.2) is 0 Å². The molecule has 1 heterocycles. The molecule has 0 spiro atoms. The molecule has 0 radical (unpaired) electrons. The maximum atomic E-state index is 11.4. The summed E-state index contributed by atoms with van der Waals surface area (Å²) in [5, 5.41) is 0. The Morgan fingerprint density at radius 2 is 1.72 bits per heavy atom. The minimum absolute atomic E-state index is 0.00947. The average Bonchev–Trinajstić information content (AvgIpc) is 3.43. The highest BCUT2D eigenvalue weighted by Gasteiger charge is 2.27. The SMILES string of the molecule is CC.Cc1cccc(Oc2cccc3c2CCC3Oc2ccc(-c3cc(=O)[nH]s3)cc2)c1. The van der Waals surface area contributed by atoms with Crippen molar-refractivity contribution in [3.8, 4) is 27.7 Å². The van der Waals surface area contributed by atoms with Crippen LogP contribution in [0.25, 0.3) is 10.4 Å². The van der Waals surface area contributed by atoms with Gasteiger partial charge in [0.1, 0.15) is 23.4 Å². The van der Waals surface area contributed by atoms with Crippen molar-refractivity contribution in [3.63, 3.8) is 0 Å². The van der Waals surface area contributed by atoms with Crippen LogP contribution in [-0.2, 0) is 6.42 Å². The Bertz CT molecular complexity index is 1240. The quantitative estimate of drug-likeness (QED) is 0.351. The fraction of sp³-hybridized carbons (Fsp3) is 0.222. The van der Waals surface area contributed by atoms with Crippen LogP contribution in [-0.4, -0.2) is 4.37 Å². The van der Waals surface area contributed by atoms with Gasteiger partial charge in [0.05, 0.1) is 4.88 Å². The highest BCUT2D eigenvalue weighted by Crippen LogP contribution is 2.41. The molecule has 1 aromatic heterocycles. The molecular weight excluding hydrogens is 418 g/mol. The number of rotatable bonds is 5. The van der Waals surface area contributed by atoms with Crippen molar-refractivity contribution < 1.29 is 9.47 Å². The summed E-state index contributed by atoms with van der Waals surface area (Å²) in [6.07, 6.45) is 1.86. The Morgan fingerprint density at radius 3 is 2.44 bits per heavy atom. The van der Waals surface area contributed by atoms with E-state index in [0.717, 1.165) is 40.5 Å². The average molecular weight is 446 g/mol. The lowest BCUT2D eigenvalue weighted by atomic mass is 10.1. The van der Waals surface area contributed by atoms with Crippen LogP contribution in [0.5, 0.6) is 17.2 Å². The fourth-order valence-electron chi connectivity index (χ4n) is 3.89. The lowest BCUT2D eigenvalue weighted by molar-refractivity contribution is 0.207. The number of aryl methyl sites for hydroxylation is 1. The predicted octanol–water partition coefficient (Wildman–Crippen LogP) is 7.30. The molecule has 32 heavy (non-hydrogen) atoms. The first-order valence-corrected chi connectivity index (χ1v) is 11.8. The highest BCUT2D eigenvalue weighted by molar-refractivity contribution is 7.09. The third-order valence-corrected chi connectivity index (χ3v) is 6.21. The molecule has 0 saturated carbocycles. The molecule has 0 bridgehead atoms. The maximum absolute atomic E-state index is 11.4. The summed E-state index contributed by atoms with van der Waals surface area (Å²) in [6.45, 7) is 6.06. The van der Waals surface area contributed by atoms with Gasteiger partial charge in [0.25, 0.3) is 5.56 Å². The zero-order valence-electron chi connectivity index (χ0n) is 18.6. The Kier molecular flexibility index (Phi) is 6.76. The van der Waals surface area contributed by atoms with E-state index in [0.29, 0.717) is 0 Å². The molecule has 1 aliphatic rings. The van der Waals surface area contributed by atoms with Gasteiger partial charge in [-0.05, 0) is 78.9 Å². The van der Waals surface area contributed by atoms with E-state index in [1.165, 1.54) is 28.2 Å². The van der Waals surface area contributed by atoms with Crippen molar-refractivity contribution in [2.45, 2.75) is 39.7 Å². The van der Waals surface area contributed by atoms with E-state index in [1.807, 2.05) is 68.4 Å². The predicted molar refractivity (Wildman–Crippen MR) is 131 cm³/mol. The van der Waals surface area contributed by atoms with Crippen LogP contribution in [0, 0.1) is 6.92 Å². The second kappa shape index (κ2) is 9.88. The van der Waals surface area contributed by atoms with Crippen LogP contribution in [0.2, 0.25) is 0 Å². The van der Waals surface area contributed by atoms with Crippen molar-refractivity contribution in [2.75, 3.05) is 0 Å². The summed E-state index contributed by atoms with van der Waals surface area (Å²) in [4.78, 5) is 12.3. The first-order valence-electron chi connectivity index (χ1n) is 11.0. The minimum atomic E-state index is -0.0680. The standard InChI is InChI=1S/C25H21NO3S.C2H6/c1-16-4-2-5-19(14-16)29-22-7-3-6-20-21(22)12-13-23(20)28-18-10-8-17(9-11-18)24-15-25(27)26-30-24;1-2/h2-11,14-15,23H,12-13H2,1H3,(H,26,27);1-2H3. The molecule has 1 N–H and O–H groups in total. The number of fused-ring (bicyclic) bond motifs is 1. The topological polar surface area (TPSA) is 51.3 Å². The van der Waals surface area contributed by atoms with Gasteiger partial charge >= 0.3 is 0 Å². The van der Waals surface area contributed by atoms with Crippen LogP contribution in [0.15, 0.2) is 77.6 Å². The highest BCUT2D eigenvalue weighted by atomic mass is 32.1. The maximum Gasteiger partial charge on any atom is 0.258 e. The van der Waals surface area contributed by atoms with Gasteiger partial charge < -0.3 is 9.47 Å². The molecule has 0 fully saturated rings. The second-order valence-corrected chi connectivity index (χ2v) is 8.34. The van der Waals surface area contributed by atoms with Gasteiger partial charge in [0.2, 0.25) is 0 Å². The summed E-state index contributed by atoms with van der Waals surface area (Å²) in [7, 11) is 0. The summed E-state index contributed by atoms with van der Waals surface area (Å²) < 4.78 is 15.2. The molecule has 0 aliphatic heterocycles. The number of hydrogen-bond acceptors (Lipinski definition) is 4. The van der Waals surface area contributed by atoms with E-state index < -0.39 is 0 Å². The van der Waals surface area contributed by atoms with Crippen LogP contribution in [0.3, 0.4) is 0 Å². The van der Waals surface area contributed by atoms with Gasteiger partial charge in [-0.1, -0.05) is 49.6 Å². The normalized spacial score (nSPS) is 14.3. The first kappa shape index (κ1) is 21.9. The molecule has 1 atom stereocenters. The number of benzene rings is 3. The number of aromatic amines is 1. The van der Waals surface area contributed by atoms with Gasteiger partial charge in [0, 0.05) is 11.6 Å². The molecule has 164 valence electrons. The lowest BCUT2D eigenvalue weighted by Crippen LogP contribution is -2.03. The monoisotopic (exact) mass is 445 g/mol. The van der Waals surface area contributed by atoms with E-state index in [2.05, 4.69) is 23.4 Å². The molecule has 5 rings (SSSR count). The van der Waals surface area contributed by atoms with E-state index in [1.54, 1.807) is 6.07 Å². The molecule has 0 amide bonds. The molecule has 3 aromatic carbocycles. The minimum Gasteiger partial charge on any atom is -0.486 e. The van der Waals surface area contributed by atoms with E-state index in [4.69, 9.17) is 9.47 Å². The Hall–Kier alpha value is -3.31. The summed E-state index contributed by atoms with van der Waals surface area (Å²) >= 11 is 1.34. The van der Waals surface area contributed by atoms with Crippen molar-refractivity contribution in [1.29, 1.82) is 0 Å². The number of H-pyrrole nitrogens is 1. The van der Waals surface area contributed by atoms with Gasteiger partial charge in [-0.15, -0.1) is 0 Å². The molecule has 1 aliphatic carbocycles. The van der Waals surface area contributed by atoms with Crippen LogP contribution < -0.4 is 15.0 Å². The van der Waals surface area contributed by atoms with Gasteiger partial charge in [-0.3, -0.25) is 9.17 Å². The number of aromatic nitrogens is 1. The fourth-order valence-corrected chi connectivity index (χ4v) is 4.58. The van der Waals surface area contributed by atoms with Crippen LogP contribution in [0.4, 0.5) is 0 Å². The van der Waals surface area contributed by atoms with Crippen LogP contribution >= 0.6 is 11.5 Å².